The van der Waals surface area contributed by atoms with Gasteiger partial charge in [-0.15, -0.1) is 0 Å². The average molecular weight is 351 g/mol. The fraction of sp³-hybridized carbons (Fsp3) is 0.864. The maximum Gasteiger partial charge on any atom is 0.142 e. The van der Waals surface area contributed by atoms with E-state index in [9.17, 15) is 9.90 Å². The molecular formula is C22H38O3. The maximum atomic E-state index is 11.1. The summed E-state index contributed by atoms with van der Waals surface area (Å²) < 4.78 is 5.58. The van der Waals surface area contributed by atoms with Gasteiger partial charge in [0.05, 0.1) is 12.2 Å². The van der Waals surface area contributed by atoms with Crippen molar-refractivity contribution < 1.29 is 14.6 Å². The molecule has 0 bridgehead atoms. The number of ether oxygens (including phenoxy) is 1. The van der Waals surface area contributed by atoms with E-state index in [1.807, 2.05) is 20.8 Å². The van der Waals surface area contributed by atoms with E-state index in [4.69, 9.17) is 4.74 Å². The molecule has 0 aromatic rings. The number of fused-ring (bicyclic) bond motifs is 3. The van der Waals surface area contributed by atoms with Crippen LogP contribution in [0.1, 0.15) is 73.1 Å². The lowest BCUT2D eigenvalue weighted by molar-refractivity contribution is -0.123. The molecule has 0 saturated heterocycles. The number of aliphatic hydroxyl groups is 1. The Labute approximate surface area is 154 Å². The SMILES string of the molecule is CC.COCC1(C)/C(=C\C=O)CCC2C1CCC1(C)C2CCC1(C)O. The highest BCUT2D eigenvalue weighted by Crippen LogP contribution is 2.66. The third-order valence-corrected chi connectivity index (χ3v) is 8.01. The van der Waals surface area contributed by atoms with E-state index in [1.54, 1.807) is 13.2 Å². The first kappa shape index (κ1) is 20.6. The third kappa shape index (κ3) is 3.12. The highest BCUT2D eigenvalue weighted by atomic mass is 16.5. The molecule has 0 spiro atoms. The van der Waals surface area contributed by atoms with Crippen LogP contribution >= 0.6 is 0 Å². The molecule has 0 amide bonds. The van der Waals surface area contributed by atoms with Crippen molar-refractivity contribution in [3.63, 3.8) is 0 Å². The van der Waals surface area contributed by atoms with E-state index in [1.165, 1.54) is 5.57 Å². The molecule has 0 heterocycles. The van der Waals surface area contributed by atoms with Gasteiger partial charge in [-0.3, -0.25) is 4.79 Å². The Morgan fingerprint density at radius 1 is 1.12 bits per heavy atom. The molecule has 25 heavy (non-hydrogen) atoms. The van der Waals surface area contributed by atoms with E-state index in [2.05, 4.69) is 13.8 Å². The predicted octanol–water partition coefficient (Wildman–Crippen LogP) is 4.78. The number of methoxy groups -OCH3 is 1. The fourth-order valence-corrected chi connectivity index (χ4v) is 6.43. The van der Waals surface area contributed by atoms with Crippen molar-refractivity contribution >= 4 is 6.29 Å². The lowest BCUT2D eigenvalue weighted by Gasteiger charge is -2.58. The topological polar surface area (TPSA) is 46.5 Å². The van der Waals surface area contributed by atoms with Gasteiger partial charge in [0.2, 0.25) is 0 Å². The van der Waals surface area contributed by atoms with Gasteiger partial charge in [-0.05, 0) is 74.7 Å². The fourth-order valence-electron chi connectivity index (χ4n) is 6.43. The summed E-state index contributed by atoms with van der Waals surface area (Å²) in [6.07, 6.45) is 9.15. The molecule has 3 aliphatic carbocycles. The van der Waals surface area contributed by atoms with Gasteiger partial charge in [0.15, 0.2) is 0 Å². The first-order chi connectivity index (χ1) is 11.8. The molecular weight excluding hydrogens is 312 g/mol. The van der Waals surface area contributed by atoms with Gasteiger partial charge in [-0.2, -0.15) is 0 Å². The highest BCUT2D eigenvalue weighted by Gasteiger charge is 2.62. The van der Waals surface area contributed by atoms with Crippen LogP contribution in [-0.4, -0.2) is 30.7 Å². The molecule has 0 radical (unpaired) electrons. The summed E-state index contributed by atoms with van der Waals surface area (Å²) >= 11 is 0. The number of allylic oxidation sites excluding steroid dienone is 1. The average Bonchev–Trinajstić information content (AvgIpc) is 2.83. The van der Waals surface area contributed by atoms with E-state index in [0.717, 1.165) is 44.8 Å². The minimum Gasteiger partial charge on any atom is -0.390 e. The zero-order chi connectivity index (χ0) is 18.9. The quantitative estimate of drug-likeness (QED) is 0.589. The van der Waals surface area contributed by atoms with Crippen molar-refractivity contribution in [2.75, 3.05) is 13.7 Å². The standard InChI is InChI=1S/C20H32O3.C2H6/c1-18(13-23-4)14(9-12-21)5-6-15-16(18)7-10-19(2)17(15)8-11-20(19,3)22;1-2/h9,12,15-17,22H,5-8,10-11,13H2,1-4H3;1-2H3/b14-9-;. The first-order valence-electron chi connectivity index (χ1n) is 10.2. The monoisotopic (exact) mass is 350 g/mol. The van der Waals surface area contributed by atoms with Gasteiger partial charge in [-0.1, -0.05) is 33.3 Å². The third-order valence-electron chi connectivity index (χ3n) is 8.01. The largest absolute Gasteiger partial charge is 0.390 e. The minimum atomic E-state index is -0.529. The summed E-state index contributed by atoms with van der Waals surface area (Å²) in [6.45, 7) is 11.3. The van der Waals surface area contributed by atoms with E-state index >= 15 is 0 Å². The van der Waals surface area contributed by atoms with Crippen LogP contribution in [0.2, 0.25) is 0 Å². The van der Waals surface area contributed by atoms with E-state index in [-0.39, 0.29) is 10.8 Å². The van der Waals surface area contributed by atoms with Crippen LogP contribution in [0.5, 0.6) is 0 Å². The van der Waals surface area contributed by atoms with Gasteiger partial charge < -0.3 is 9.84 Å². The minimum absolute atomic E-state index is 0.0334. The summed E-state index contributed by atoms with van der Waals surface area (Å²) in [4.78, 5) is 11.1. The molecule has 3 nitrogen and oxygen atoms in total. The summed E-state index contributed by atoms with van der Waals surface area (Å²) in [7, 11) is 1.76. The van der Waals surface area contributed by atoms with Crippen LogP contribution in [0.3, 0.4) is 0 Å². The molecule has 0 aliphatic heterocycles. The Hall–Kier alpha value is -0.670. The van der Waals surface area contributed by atoms with Crippen molar-refractivity contribution in [2.45, 2.75) is 78.7 Å². The van der Waals surface area contributed by atoms with E-state index < -0.39 is 5.60 Å². The number of carbonyl (C=O) groups excluding carboxylic acids is 1. The second-order valence-electron chi connectivity index (χ2n) is 8.86. The van der Waals surface area contributed by atoms with Crippen LogP contribution in [0.4, 0.5) is 0 Å². The van der Waals surface area contributed by atoms with Crippen molar-refractivity contribution in [1.82, 2.24) is 0 Å². The van der Waals surface area contributed by atoms with Crippen LogP contribution < -0.4 is 0 Å². The lowest BCUT2D eigenvalue weighted by Crippen LogP contribution is -2.54. The molecule has 3 rings (SSSR count). The maximum absolute atomic E-state index is 11.1. The van der Waals surface area contributed by atoms with Crippen LogP contribution in [0.25, 0.3) is 0 Å². The Morgan fingerprint density at radius 2 is 1.76 bits per heavy atom. The molecule has 1 N–H and O–H groups in total. The normalized spacial score (nSPS) is 47.5. The molecule has 0 aromatic carbocycles. The Balaban J connectivity index is 0.00000109. The van der Waals surface area contributed by atoms with E-state index in [0.29, 0.717) is 24.4 Å². The number of hydrogen-bond acceptors (Lipinski definition) is 3. The Kier molecular flexibility index (Phi) is 6.21. The van der Waals surface area contributed by atoms with Gasteiger partial charge in [0.1, 0.15) is 6.29 Å². The van der Waals surface area contributed by atoms with Crippen LogP contribution in [-0.2, 0) is 9.53 Å². The summed E-state index contributed by atoms with van der Waals surface area (Å²) in [5.74, 6) is 1.81. The number of rotatable bonds is 3. The van der Waals surface area contributed by atoms with Crippen molar-refractivity contribution in [3.8, 4) is 0 Å². The second kappa shape index (κ2) is 7.52. The predicted molar refractivity (Wildman–Crippen MR) is 102 cm³/mol. The number of carbonyl (C=O) groups is 1. The Morgan fingerprint density at radius 3 is 2.36 bits per heavy atom. The Bertz CT molecular complexity index is 509. The molecule has 3 heteroatoms. The lowest BCUT2D eigenvalue weighted by atomic mass is 9.48. The number of aldehydes is 1. The first-order valence-corrected chi connectivity index (χ1v) is 10.2. The van der Waals surface area contributed by atoms with Crippen LogP contribution in [0, 0.1) is 28.6 Å². The molecule has 3 saturated carbocycles. The van der Waals surface area contributed by atoms with Crippen molar-refractivity contribution in [1.29, 1.82) is 0 Å². The smallest absolute Gasteiger partial charge is 0.142 e. The zero-order valence-corrected chi connectivity index (χ0v) is 17.1. The van der Waals surface area contributed by atoms with Gasteiger partial charge in [0, 0.05) is 12.5 Å². The van der Waals surface area contributed by atoms with Crippen molar-refractivity contribution in [3.05, 3.63) is 11.6 Å². The van der Waals surface area contributed by atoms with Gasteiger partial charge in [0.25, 0.3) is 0 Å². The highest BCUT2D eigenvalue weighted by molar-refractivity contribution is 5.66. The van der Waals surface area contributed by atoms with Gasteiger partial charge in [-0.25, -0.2) is 0 Å². The number of hydrogen-bond donors (Lipinski definition) is 1. The summed E-state index contributed by atoms with van der Waals surface area (Å²) in [5.41, 5.74) is 0.755. The molecule has 3 aliphatic rings. The molecule has 0 aromatic heterocycles. The zero-order valence-electron chi connectivity index (χ0n) is 17.1. The molecule has 6 atom stereocenters. The summed E-state index contributed by atoms with van der Waals surface area (Å²) in [6, 6.07) is 0. The second-order valence-corrected chi connectivity index (χ2v) is 8.86. The molecule has 3 fully saturated rings. The molecule has 6 unspecified atom stereocenters. The summed E-state index contributed by atoms with van der Waals surface area (Å²) in [5, 5.41) is 10.9. The van der Waals surface area contributed by atoms with Gasteiger partial charge >= 0.3 is 0 Å². The molecule has 144 valence electrons. The van der Waals surface area contributed by atoms with Crippen LogP contribution in [0.15, 0.2) is 11.6 Å². The van der Waals surface area contributed by atoms with Crippen molar-refractivity contribution in [2.24, 2.45) is 28.6 Å².